The molecule has 3 fully saturated rings. The third-order valence-electron chi connectivity index (χ3n) is 6.68. The van der Waals surface area contributed by atoms with Crippen LogP contribution in [0.25, 0.3) is 0 Å². The number of hydrogen-bond acceptors (Lipinski definition) is 5. The highest BCUT2D eigenvalue weighted by molar-refractivity contribution is 6.42. The van der Waals surface area contributed by atoms with E-state index in [0.29, 0.717) is 42.8 Å². The highest BCUT2D eigenvalue weighted by Crippen LogP contribution is 2.31. The minimum atomic E-state index is -0.794. The topological polar surface area (TPSA) is 56.3 Å². The van der Waals surface area contributed by atoms with Crippen molar-refractivity contribution < 1.29 is 14.6 Å². The molecule has 8 heteroatoms. The summed E-state index contributed by atoms with van der Waals surface area (Å²) in [6.07, 6.45) is 2.69. The van der Waals surface area contributed by atoms with Gasteiger partial charge >= 0.3 is 0 Å². The highest BCUT2D eigenvalue weighted by Gasteiger charge is 2.48. The molecule has 3 aliphatic rings. The zero-order chi connectivity index (χ0) is 22.2. The van der Waals surface area contributed by atoms with Gasteiger partial charge < -0.3 is 14.7 Å². The van der Waals surface area contributed by atoms with Gasteiger partial charge in [0.25, 0.3) is 0 Å². The first-order chi connectivity index (χ1) is 14.7. The Morgan fingerprint density at radius 3 is 2.48 bits per heavy atom. The molecule has 0 radical (unpaired) electrons. The van der Waals surface area contributed by atoms with Crippen LogP contribution in [-0.2, 0) is 16.0 Å². The Morgan fingerprint density at radius 1 is 1.10 bits per heavy atom. The van der Waals surface area contributed by atoms with E-state index in [-0.39, 0.29) is 24.0 Å². The number of piperazine rings is 1. The van der Waals surface area contributed by atoms with Gasteiger partial charge in [-0.25, -0.2) is 0 Å². The average molecular weight is 470 g/mol. The second kappa shape index (κ2) is 9.54. The van der Waals surface area contributed by atoms with E-state index >= 15 is 0 Å². The molecule has 1 aromatic rings. The van der Waals surface area contributed by atoms with Gasteiger partial charge in [0.2, 0.25) is 5.91 Å². The number of carbonyl (C=O) groups excluding carboxylic acids is 1. The predicted octanol–water partition coefficient (Wildman–Crippen LogP) is 2.68. The number of ether oxygens (including phenoxy) is 1. The SMILES string of the molecule is CC(C)(O)CN1CCN(C(=O)Cc2ccc(Cl)c(Cl)c2)[C@H]2[C@H]1COC[C@@H]2N1CCCC1. The smallest absolute Gasteiger partial charge is 0.227 e. The molecule has 31 heavy (non-hydrogen) atoms. The Bertz CT molecular complexity index is 795. The first kappa shape index (κ1) is 23.3. The molecule has 3 atom stereocenters. The van der Waals surface area contributed by atoms with Crippen molar-refractivity contribution in [2.24, 2.45) is 0 Å². The number of amides is 1. The van der Waals surface area contributed by atoms with Crippen molar-refractivity contribution in [1.29, 1.82) is 0 Å². The number of halogens is 2. The van der Waals surface area contributed by atoms with E-state index in [1.807, 2.05) is 19.9 Å². The van der Waals surface area contributed by atoms with E-state index in [1.54, 1.807) is 12.1 Å². The van der Waals surface area contributed by atoms with Gasteiger partial charge in [-0.3, -0.25) is 14.6 Å². The highest BCUT2D eigenvalue weighted by atomic mass is 35.5. The fraction of sp³-hybridized carbons (Fsp3) is 0.696. The summed E-state index contributed by atoms with van der Waals surface area (Å²) >= 11 is 12.2. The lowest BCUT2D eigenvalue weighted by atomic mass is 9.90. The van der Waals surface area contributed by atoms with Crippen LogP contribution in [0.3, 0.4) is 0 Å². The van der Waals surface area contributed by atoms with Crippen LogP contribution in [-0.4, -0.2) is 95.4 Å². The summed E-state index contributed by atoms with van der Waals surface area (Å²) in [4.78, 5) is 20.4. The normalized spacial score (nSPS) is 28.0. The van der Waals surface area contributed by atoms with E-state index < -0.39 is 5.60 Å². The van der Waals surface area contributed by atoms with Crippen molar-refractivity contribution in [3.05, 3.63) is 33.8 Å². The molecule has 4 rings (SSSR count). The van der Waals surface area contributed by atoms with Crippen molar-refractivity contribution in [3.63, 3.8) is 0 Å². The lowest BCUT2D eigenvalue weighted by Gasteiger charge is -2.55. The molecule has 3 saturated heterocycles. The Morgan fingerprint density at radius 2 is 1.81 bits per heavy atom. The second-order valence-electron chi connectivity index (χ2n) is 9.70. The molecule has 0 aliphatic carbocycles. The van der Waals surface area contributed by atoms with Gasteiger partial charge in [-0.15, -0.1) is 0 Å². The van der Waals surface area contributed by atoms with Crippen LogP contribution in [0, 0.1) is 0 Å². The summed E-state index contributed by atoms with van der Waals surface area (Å²) in [5.74, 6) is 0.113. The summed E-state index contributed by atoms with van der Waals surface area (Å²) in [6.45, 7) is 8.97. The number of benzene rings is 1. The third kappa shape index (κ3) is 5.37. The summed E-state index contributed by atoms with van der Waals surface area (Å²) in [5.41, 5.74) is 0.0804. The van der Waals surface area contributed by atoms with Crippen molar-refractivity contribution in [2.45, 2.75) is 56.8 Å². The standard InChI is InChI=1S/C23H33Cl2N3O3/c1-23(2,30)15-27-9-10-28(21(29)12-16-5-6-17(24)18(25)11-16)22-19(13-31-14-20(22)27)26-7-3-4-8-26/h5-6,11,19-20,22,30H,3-4,7-10,12-15H2,1-2H3/t19-,20+,22+/m0/s1. The third-order valence-corrected chi connectivity index (χ3v) is 7.42. The molecule has 1 aromatic carbocycles. The molecule has 0 saturated carbocycles. The maximum atomic E-state index is 13.5. The molecule has 6 nitrogen and oxygen atoms in total. The van der Waals surface area contributed by atoms with E-state index in [1.165, 1.54) is 12.8 Å². The number of carbonyl (C=O) groups is 1. The Hall–Kier alpha value is -0.890. The molecule has 1 N–H and O–H groups in total. The van der Waals surface area contributed by atoms with E-state index in [2.05, 4.69) is 14.7 Å². The van der Waals surface area contributed by atoms with Crippen LogP contribution in [0.1, 0.15) is 32.3 Å². The summed E-state index contributed by atoms with van der Waals surface area (Å²) < 4.78 is 6.05. The van der Waals surface area contributed by atoms with Crippen LogP contribution in [0.5, 0.6) is 0 Å². The molecule has 1 amide bonds. The Labute approximate surface area is 195 Å². The maximum Gasteiger partial charge on any atom is 0.227 e. The minimum Gasteiger partial charge on any atom is -0.389 e. The number of hydrogen-bond donors (Lipinski definition) is 1. The van der Waals surface area contributed by atoms with E-state index in [0.717, 1.165) is 25.2 Å². The summed E-state index contributed by atoms with van der Waals surface area (Å²) in [5, 5.41) is 11.4. The quantitative estimate of drug-likeness (QED) is 0.718. The van der Waals surface area contributed by atoms with Gasteiger partial charge in [0, 0.05) is 19.6 Å². The molecular formula is C23H33Cl2N3O3. The van der Waals surface area contributed by atoms with Gasteiger partial charge in [0.15, 0.2) is 0 Å². The van der Waals surface area contributed by atoms with Crippen LogP contribution in [0.4, 0.5) is 0 Å². The van der Waals surface area contributed by atoms with E-state index in [9.17, 15) is 9.90 Å². The monoisotopic (exact) mass is 469 g/mol. The average Bonchev–Trinajstić information content (AvgIpc) is 3.24. The molecule has 3 heterocycles. The zero-order valence-corrected chi connectivity index (χ0v) is 19.9. The maximum absolute atomic E-state index is 13.5. The van der Waals surface area contributed by atoms with Crippen molar-refractivity contribution in [1.82, 2.24) is 14.7 Å². The summed E-state index contributed by atoms with van der Waals surface area (Å²) in [7, 11) is 0. The van der Waals surface area contributed by atoms with Crippen molar-refractivity contribution in [3.8, 4) is 0 Å². The summed E-state index contributed by atoms with van der Waals surface area (Å²) in [6, 6.07) is 5.72. The number of likely N-dealkylation sites (tertiary alicyclic amines) is 1. The van der Waals surface area contributed by atoms with Gasteiger partial charge in [0.05, 0.1) is 53.4 Å². The van der Waals surface area contributed by atoms with Crippen molar-refractivity contribution >= 4 is 29.1 Å². The molecule has 0 unspecified atom stereocenters. The number of fused-ring (bicyclic) bond motifs is 1. The molecule has 0 bridgehead atoms. The number of nitrogens with zero attached hydrogens (tertiary/aromatic N) is 3. The van der Waals surface area contributed by atoms with Gasteiger partial charge in [-0.2, -0.15) is 0 Å². The second-order valence-corrected chi connectivity index (χ2v) is 10.5. The zero-order valence-electron chi connectivity index (χ0n) is 18.4. The molecule has 172 valence electrons. The first-order valence-corrected chi connectivity index (χ1v) is 12.0. The Balaban J connectivity index is 1.58. The number of rotatable bonds is 5. The molecule has 0 aromatic heterocycles. The van der Waals surface area contributed by atoms with Crippen LogP contribution >= 0.6 is 23.2 Å². The lowest BCUT2D eigenvalue weighted by Crippen LogP contribution is -2.72. The predicted molar refractivity (Wildman–Crippen MR) is 123 cm³/mol. The molecule has 3 aliphatic heterocycles. The minimum absolute atomic E-state index is 0.0539. The van der Waals surface area contributed by atoms with Gasteiger partial charge in [0.1, 0.15) is 0 Å². The number of aliphatic hydroxyl groups is 1. The van der Waals surface area contributed by atoms with Crippen LogP contribution in [0.15, 0.2) is 18.2 Å². The lowest BCUT2D eigenvalue weighted by molar-refractivity contribution is -0.155. The fourth-order valence-corrected chi connectivity index (χ4v) is 5.68. The van der Waals surface area contributed by atoms with Crippen LogP contribution in [0.2, 0.25) is 10.0 Å². The van der Waals surface area contributed by atoms with Crippen molar-refractivity contribution in [2.75, 3.05) is 45.9 Å². The fourth-order valence-electron chi connectivity index (χ4n) is 5.36. The van der Waals surface area contributed by atoms with Crippen LogP contribution < -0.4 is 0 Å². The Kier molecular flexibility index (Phi) is 7.16. The first-order valence-electron chi connectivity index (χ1n) is 11.2. The van der Waals surface area contributed by atoms with Gasteiger partial charge in [-0.1, -0.05) is 29.3 Å². The molecule has 0 spiro atoms. The molecular weight excluding hydrogens is 437 g/mol. The van der Waals surface area contributed by atoms with Gasteiger partial charge in [-0.05, 0) is 57.5 Å². The number of β-amino-alcohol motifs (C(OH)–C–C–N with tert-alkyl or cyclic N) is 1. The largest absolute Gasteiger partial charge is 0.389 e. The van der Waals surface area contributed by atoms with E-state index in [4.69, 9.17) is 27.9 Å².